The summed E-state index contributed by atoms with van der Waals surface area (Å²) in [5.41, 5.74) is 1.78. The van der Waals surface area contributed by atoms with Crippen LogP contribution in [-0.4, -0.2) is 88.3 Å². The van der Waals surface area contributed by atoms with E-state index in [9.17, 15) is 10.2 Å². The molecule has 8 nitrogen and oxygen atoms in total. The van der Waals surface area contributed by atoms with Crippen LogP contribution in [0.15, 0.2) is 48.5 Å². The van der Waals surface area contributed by atoms with Gasteiger partial charge in [-0.25, -0.2) is 0 Å². The predicted octanol–water partition coefficient (Wildman–Crippen LogP) is 5.33. The average molecular weight is 651 g/mol. The summed E-state index contributed by atoms with van der Waals surface area (Å²) in [7, 11) is 7.21. The minimum Gasteiger partial charge on any atom is -0.497 e. The molecule has 44 heavy (non-hydrogen) atoms. The summed E-state index contributed by atoms with van der Waals surface area (Å²) in [5.74, 6) is 3.85. The van der Waals surface area contributed by atoms with Gasteiger partial charge in [-0.05, 0) is 87.3 Å². The van der Waals surface area contributed by atoms with Gasteiger partial charge in [-0.2, -0.15) is 0 Å². The maximum atomic E-state index is 10.3. The first-order valence-corrected chi connectivity index (χ1v) is 18.8. The van der Waals surface area contributed by atoms with E-state index in [4.69, 9.17) is 9.47 Å². The van der Waals surface area contributed by atoms with Crippen LogP contribution >= 0.6 is 21.6 Å². The lowest BCUT2D eigenvalue weighted by molar-refractivity contribution is 0.174. The van der Waals surface area contributed by atoms with E-state index in [1.54, 1.807) is 14.2 Å². The SMILES string of the molecule is COc1cccc(C(O)CNCCCCCCNCCSSCCNCCCCCCNCC(O)c2cccc(OC)c2)c1. The number of nitrogens with one attached hydrogen (secondary N) is 4. The first-order valence-electron chi connectivity index (χ1n) is 16.4. The number of aliphatic hydroxyl groups is 2. The minimum absolute atomic E-state index is 0.504. The standard InChI is InChI=1S/C34H58N4O4S2/c1-41-31-15-11-13-29(25-31)33(39)27-37-19-9-5-3-7-17-35-21-23-43-44-24-22-36-18-8-4-6-10-20-38-28-34(40)30-14-12-16-32(26-30)42-2/h11-16,25-26,33-40H,3-10,17-24,27-28H2,1-2H3. The Balaban J connectivity index is 1.24. The molecule has 0 saturated carbocycles. The second-order valence-corrected chi connectivity index (χ2v) is 13.7. The number of aliphatic hydroxyl groups excluding tert-OH is 2. The fourth-order valence-electron chi connectivity index (χ4n) is 4.71. The van der Waals surface area contributed by atoms with Gasteiger partial charge < -0.3 is 41.0 Å². The Kier molecular flexibility index (Phi) is 23.5. The van der Waals surface area contributed by atoms with E-state index < -0.39 is 12.2 Å². The summed E-state index contributed by atoms with van der Waals surface area (Å²) in [6, 6.07) is 15.2. The van der Waals surface area contributed by atoms with Crippen molar-refractivity contribution in [3.8, 4) is 11.5 Å². The number of unbranched alkanes of at least 4 members (excludes halogenated alkanes) is 6. The highest BCUT2D eigenvalue weighted by Gasteiger charge is 2.08. The lowest BCUT2D eigenvalue weighted by Crippen LogP contribution is -2.22. The fraction of sp³-hybridized carbons (Fsp3) is 0.647. The van der Waals surface area contributed by atoms with Gasteiger partial charge in [0.1, 0.15) is 11.5 Å². The van der Waals surface area contributed by atoms with Crippen molar-refractivity contribution in [2.24, 2.45) is 0 Å². The van der Waals surface area contributed by atoms with E-state index in [2.05, 4.69) is 21.3 Å². The van der Waals surface area contributed by atoms with Crippen LogP contribution in [0.25, 0.3) is 0 Å². The maximum Gasteiger partial charge on any atom is 0.119 e. The van der Waals surface area contributed by atoms with Gasteiger partial charge in [0.05, 0.1) is 26.4 Å². The number of methoxy groups -OCH3 is 2. The van der Waals surface area contributed by atoms with Crippen molar-refractivity contribution in [3.63, 3.8) is 0 Å². The summed E-state index contributed by atoms with van der Waals surface area (Å²) in [4.78, 5) is 0. The third-order valence-corrected chi connectivity index (χ3v) is 9.76. The molecule has 0 amide bonds. The van der Waals surface area contributed by atoms with Crippen LogP contribution in [0.3, 0.4) is 0 Å². The fourth-order valence-corrected chi connectivity index (χ4v) is 6.61. The van der Waals surface area contributed by atoms with Crippen LogP contribution in [0, 0.1) is 0 Å². The first kappa shape index (κ1) is 38.7. The number of ether oxygens (including phenoxy) is 2. The molecule has 2 aromatic rings. The van der Waals surface area contributed by atoms with Crippen molar-refractivity contribution in [1.82, 2.24) is 21.3 Å². The number of hydrogen-bond donors (Lipinski definition) is 6. The van der Waals surface area contributed by atoms with Gasteiger partial charge in [0.2, 0.25) is 0 Å². The summed E-state index contributed by atoms with van der Waals surface area (Å²) in [6.45, 7) is 7.35. The molecule has 0 aliphatic rings. The van der Waals surface area contributed by atoms with Gasteiger partial charge in [-0.15, -0.1) is 0 Å². The molecule has 0 spiro atoms. The number of benzene rings is 2. The third kappa shape index (κ3) is 19.1. The van der Waals surface area contributed by atoms with Crippen molar-refractivity contribution in [2.75, 3.05) is 78.1 Å². The molecule has 0 heterocycles. The van der Waals surface area contributed by atoms with Gasteiger partial charge in [0.25, 0.3) is 0 Å². The molecule has 0 bridgehead atoms. The van der Waals surface area contributed by atoms with Gasteiger partial charge in [0, 0.05) is 37.7 Å². The van der Waals surface area contributed by atoms with E-state index in [0.717, 1.165) is 86.2 Å². The molecule has 0 radical (unpaired) electrons. The molecule has 2 unspecified atom stereocenters. The Hall–Kier alpha value is -1.50. The molecular weight excluding hydrogens is 593 g/mol. The van der Waals surface area contributed by atoms with E-state index in [0.29, 0.717) is 13.1 Å². The van der Waals surface area contributed by atoms with Crippen molar-refractivity contribution < 1.29 is 19.7 Å². The average Bonchev–Trinajstić information content (AvgIpc) is 3.06. The van der Waals surface area contributed by atoms with Crippen molar-refractivity contribution in [2.45, 2.75) is 63.6 Å². The lowest BCUT2D eigenvalue weighted by Gasteiger charge is -2.13. The van der Waals surface area contributed by atoms with E-state index in [1.165, 1.54) is 38.5 Å². The van der Waals surface area contributed by atoms with Crippen LogP contribution < -0.4 is 30.7 Å². The normalized spacial score (nSPS) is 12.7. The van der Waals surface area contributed by atoms with Gasteiger partial charge in [-0.3, -0.25) is 0 Å². The molecule has 2 atom stereocenters. The molecule has 0 fully saturated rings. The third-order valence-electron chi connectivity index (χ3n) is 7.35. The molecule has 10 heteroatoms. The molecule has 250 valence electrons. The Morgan fingerprint density at radius 3 is 1.32 bits per heavy atom. The molecule has 0 aliphatic heterocycles. The van der Waals surface area contributed by atoms with E-state index in [-0.39, 0.29) is 0 Å². The maximum absolute atomic E-state index is 10.3. The summed E-state index contributed by atoms with van der Waals surface area (Å²) in [5, 5.41) is 34.5. The Morgan fingerprint density at radius 2 is 0.932 bits per heavy atom. The zero-order valence-electron chi connectivity index (χ0n) is 27.0. The van der Waals surface area contributed by atoms with Crippen molar-refractivity contribution in [1.29, 1.82) is 0 Å². The first-order chi connectivity index (χ1) is 21.6. The van der Waals surface area contributed by atoms with Crippen LogP contribution in [0.2, 0.25) is 0 Å². The summed E-state index contributed by atoms with van der Waals surface area (Å²) in [6.07, 6.45) is 8.63. The summed E-state index contributed by atoms with van der Waals surface area (Å²) >= 11 is 0. The zero-order chi connectivity index (χ0) is 31.5. The van der Waals surface area contributed by atoms with Gasteiger partial charge >= 0.3 is 0 Å². The highest BCUT2D eigenvalue weighted by molar-refractivity contribution is 8.76. The topological polar surface area (TPSA) is 107 Å². The Labute approximate surface area is 274 Å². The largest absolute Gasteiger partial charge is 0.497 e. The van der Waals surface area contributed by atoms with E-state index >= 15 is 0 Å². The molecular formula is C34H58N4O4S2. The lowest BCUT2D eigenvalue weighted by atomic mass is 10.1. The molecule has 0 aromatic heterocycles. The van der Waals surface area contributed by atoms with Crippen molar-refractivity contribution in [3.05, 3.63) is 59.7 Å². The minimum atomic E-state index is -0.504. The Morgan fingerprint density at radius 1 is 0.545 bits per heavy atom. The smallest absolute Gasteiger partial charge is 0.119 e. The van der Waals surface area contributed by atoms with Crippen LogP contribution in [0.5, 0.6) is 11.5 Å². The summed E-state index contributed by atoms with van der Waals surface area (Å²) < 4.78 is 10.5. The van der Waals surface area contributed by atoms with Crippen molar-refractivity contribution >= 4 is 21.6 Å². The highest BCUT2D eigenvalue weighted by Crippen LogP contribution is 2.20. The number of rotatable bonds is 29. The second-order valence-electron chi connectivity index (χ2n) is 11.0. The molecule has 6 N–H and O–H groups in total. The number of hydrogen-bond acceptors (Lipinski definition) is 10. The quantitative estimate of drug-likeness (QED) is 0.0511. The molecule has 0 saturated heterocycles. The Bertz CT molecular complexity index is 884. The second kappa shape index (κ2) is 26.7. The predicted molar refractivity (Wildman–Crippen MR) is 189 cm³/mol. The monoisotopic (exact) mass is 650 g/mol. The molecule has 2 aromatic carbocycles. The van der Waals surface area contributed by atoms with Gasteiger partial charge in [-0.1, -0.05) is 71.5 Å². The van der Waals surface area contributed by atoms with Crippen LogP contribution in [0.1, 0.15) is 74.7 Å². The van der Waals surface area contributed by atoms with Crippen LogP contribution in [-0.2, 0) is 0 Å². The van der Waals surface area contributed by atoms with Gasteiger partial charge in [0.15, 0.2) is 0 Å². The molecule has 2 rings (SSSR count). The molecule has 0 aliphatic carbocycles. The van der Waals surface area contributed by atoms with Crippen LogP contribution in [0.4, 0.5) is 0 Å². The zero-order valence-corrected chi connectivity index (χ0v) is 28.7. The highest BCUT2D eigenvalue weighted by atomic mass is 33.1. The van der Waals surface area contributed by atoms with E-state index in [1.807, 2.05) is 70.1 Å².